The highest BCUT2D eigenvalue weighted by Crippen LogP contribution is 2.19. The Morgan fingerprint density at radius 1 is 1.14 bits per heavy atom. The molecule has 22 heavy (non-hydrogen) atoms. The van der Waals surface area contributed by atoms with E-state index in [2.05, 4.69) is 25.2 Å². The van der Waals surface area contributed by atoms with E-state index in [9.17, 15) is 4.79 Å². The molecular formula is C16H19N5O. The SMILES string of the molecule is O=C(NCC1CCN(c2ncccn2)CC1)c1ccncc1. The molecule has 2 aromatic rings. The van der Waals surface area contributed by atoms with E-state index < -0.39 is 0 Å². The van der Waals surface area contributed by atoms with Crippen molar-refractivity contribution in [1.82, 2.24) is 20.3 Å². The van der Waals surface area contributed by atoms with Crippen LogP contribution in [0.2, 0.25) is 0 Å². The van der Waals surface area contributed by atoms with Crippen molar-refractivity contribution < 1.29 is 4.79 Å². The van der Waals surface area contributed by atoms with Gasteiger partial charge in [0, 0.05) is 50.0 Å². The highest BCUT2D eigenvalue weighted by atomic mass is 16.1. The molecule has 0 aliphatic carbocycles. The van der Waals surface area contributed by atoms with E-state index in [1.165, 1.54) is 0 Å². The van der Waals surface area contributed by atoms with E-state index in [1.54, 1.807) is 36.9 Å². The smallest absolute Gasteiger partial charge is 0.251 e. The fourth-order valence-corrected chi connectivity index (χ4v) is 2.63. The predicted octanol–water partition coefficient (Wildman–Crippen LogP) is 1.52. The van der Waals surface area contributed by atoms with E-state index in [4.69, 9.17) is 0 Å². The van der Waals surface area contributed by atoms with Crippen molar-refractivity contribution in [3.63, 3.8) is 0 Å². The summed E-state index contributed by atoms with van der Waals surface area (Å²) in [5.41, 5.74) is 0.658. The number of nitrogens with zero attached hydrogens (tertiary/aromatic N) is 4. The number of hydrogen-bond donors (Lipinski definition) is 1. The van der Waals surface area contributed by atoms with Crippen molar-refractivity contribution in [3.8, 4) is 0 Å². The Bertz CT molecular complexity index is 596. The molecule has 1 fully saturated rings. The molecule has 0 atom stereocenters. The molecule has 0 aromatic carbocycles. The number of amides is 1. The summed E-state index contributed by atoms with van der Waals surface area (Å²) in [6.45, 7) is 2.57. The highest BCUT2D eigenvalue weighted by molar-refractivity contribution is 5.93. The molecule has 0 bridgehead atoms. The molecule has 1 saturated heterocycles. The lowest BCUT2D eigenvalue weighted by atomic mass is 9.97. The predicted molar refractivity (Wildman–Crippen MR) is 83.5 cm³/mol. The van der Waals surface area contributed by atoms with Crippen LogP contribution < -0.4 is 10.2 Å². The van der Waals surface area contributed by atoms with Gasteiger partial charge in [-0.05, 0) is 37.0 Å². The van der Waals surface area contributed by atoms with Crippen LogP contribution in [0.1, 0.15) is 23.2 Å². The van der Waals surface area contributed by atoms with Crippen molar-refractivity contribution in [2.45, 2.75) is 12.8 Å². The van der Waals surface area contributed by atoms with Crippen LogP contribution in [0.4, 0.5) is 5.95 Å². The first-order valence-corrected chi connectivity index (χ1v) is 7.53. The topological polar surface area (TPSA) is 71.0 Å². The molecule has 0 radical (unpaired) electrons. The Labute approximate surface area is 129 Å². The second kappa shape index (κ2) is 6.98. The Morgan fingerprint density at radius 3 is 2.50 bits per heavy atom. The lowest BCUT2D eigenvalue weighted by molar-refractivity contribution is 0.0944. The van der Waals surface area contributed by atoms with E-state index in [-0.39, 0.29) is 5.91 Å². The fraction of sp³-hybridized carbons (Fsp3) is 0.375. The molecule has 3 rings (SSSR count). The monoisotopic (exact) mass is 297 g/mol. The lowest BCUT2D eigenvalue weighted by Crippen LogP contribution is -2.39. The second-order valence-corrected chi connectivity index (χ2v) is 5.43. The summed E-state index contributed by atoms with van der Waals surface area (Å²) in [5.74, 6) is 1.27. The van der Waals surface area contributed by atoms with E-state index >= 15 is 0 Å². The molecule has 1 aliphatic heterocycles. The number of pyridine rings is 1. The van der Waals surface area contributed by atoms with Crippen LogP contribution in [-0.2, 0) is 0 Å². The zero-order valence-electron chi connectivity index (χ0n) is 12.4. The summed E-state index contributed by atoms with van der Waals surface area (Å²) in [6.07, 6.45) is 8.87. The normalized spacial score (nSPS) is 15.5. The summed E-state index contributed by atoms with van der Waals surface area (Å²) in [5, 5.41) is 3.01. The first kappa shape index (κ1) is 14.4. The fourth-order valence-electron chi connectivity index (χ4n) is 2.63. The first-order chi connectivity index (χ1) is 10.8. The standard InChI is InChI=1S/C16H19N5O/c22-15(14-2-8-17-9-3-14)20-12-13-4-10-21(11-5-13)16-18-6-1-7-19-16/h1-3,6-9,13H,4-5,10-12H2,(H,20,22). The Hall–Kier alpha value is -2.50. The average molecular weight is 297 g/mol. The van der Waals surface area contributed by atoms with E-state index in [0.717, 1.165) is 31.9 Å². The van der Waals surface area contributed by atoms with Crippen molar-refractivity contribution >= 4 is 11.9 Å². The number of aromatic nitrogens is 3. The molecule has 0 saturated carbocycles. The second-order valence-electron chi connectivity index (χ2n) is 5.43. The molecule has 0 spiro atoms. The van der Waals surface area contributed by atoms with Gasteiger partial charge in [0.2, 0.25) is 5.95 Å². The lowest BCUT2D eigenvalue weighted by Gasteiger charge is -2.31. The van der Waals surface area contributed by atoms with Gasteiger partial charge in [0.1, 0.15) is 0 Å². The average Bonchev–Trinajstić information content (AvgIpc) is 2.61. The zero-order chi connectivity index (χ0) is 15.2. The number of carbonyl (C=O) groups excluding carboxylic acids is 1. The summed E-state index contributed by atoms with van der Waals surface area (Å²) in [7, 11) is 0. The van der Waals surface area contributed by atoms with Gasteiger partial charge in [0.05, 0.1) is 0 Å². The maximum absolute atomic E-state index is 12.0. The van der Waals surface area contributed by atoms with Crippen LogP contribution in [0.5, 0.6) is 0 Å². The maximum atomic E-state index is 12.0. The van der Waals surface area contributed by atoms with E-state index in [1.807, 2.05) is 6.07 Å². The summed E-state index contributed by atoms with van der Waals surface area (Å²) in [4.78, 5) is 26.7. The molecule has 6 nitrogen and oxygen atoms in total. The minimum atomic E-state index is -0.0313. The third-order valence-corrected chi connectivity index (χ3v) is 3.94. The van der Waals surface area contributed by atoms with Crippen LogP contribution in [0.25, 0.3) is 0 Å². The third kappa shape index (κ3) is 3.58. The molecule has 114 valence electrons. The summed E-state index contributed by atoms with van der Waals surface area (Å²) >= 11 is 0. The van der Waals surface area contributed by atoms with Gasteiger partial charge in [-0.2, -0.15) is 0 Å². The molecule has 3 heterocycles. The molecule has 1 amide bonds. The zero-order valence-corrected chi connectivity index (χ0v) is 12.4. The molecule has 0 unspecified atom stereocenters. The van der Waals surface area contributed by atoms with Gasteiger partial charge in [-0.1, -0.05) is 0 Å². The van der Waals surface area contributed by atoms with Crippen LogP contribution in [0, 0.1) is 5.92 Å². The number of hydrogen-bond acceptors (Lipinski definition) is 5. The number of carbonyl (C=O) groups is 1. The first-order valence-electron chi connectivity index (χ1n) is 7.53. The molecule has 2 aromatic heterocycles. The largest absolute Gasteiger partial charge is 0.352 e. The van der Waals surface area contributed by atoms with Crippen molar-refractivity contribution in [1.29, 1.82) is 0 Å². The molecule has 1 aliphatic rings. The van der Waals surface area contributed by atoms with Crippen LogP contribution in [0.15, 0.2) is 43.0 Å². The van der Waals surface area contributed by atoms with Crippen LogP contribution in [-0.4, -0.2) is 40.5 Å². The van der Waals surface area contributed by atoms with Gasteiger partial charge in [0.15, 0.2) is 0 Å². The number of rotatable bonds is 4. The van der Waals surface area contributed by atoms with Gasteiger partial charge in [-0.3, -0.25) is 9.78 Å². The Morgan fingerprint density at radius 2 is 1.82 bits per heavy atom. The van der Waals surface area contributed by atoms with E-state index in [0.29, 0.717) is 18.0 Å². The summed E-state index contributed by atoms with van der Waals surface area (Å²) in [6, 6.07) is 5.28. The number of anilines is 1. The van der Waals surface area contributed by atoms with Crippen molar-refractivity contribution in [2.24, 2.45) is 5.92 Å². The number of nitrogens with one attached hydrogen (secondary N) is 1. The van der Waals surface area contributed by atoms with Gasteiger partial charge < -0.3 is 10.2 Å². The minimum absolute atomic E-state index is 0.0313. The van der Waals surface area contributed by atoms with Crippen LogP contribution >= 0.6 is 0 Å². The Kier molecular flexibility index (Phi) is 4.58. The summed E-state index contributed by atoms with van der Waals surface area (Å²) < 4.78 is 0. The minimum Gasteiger partial charge on any atom is -0.352 e. The molecule has 1 N–H and O–H groups in total. The van der Waals surface area contributed by atoms with Crippen molar-refractivity contribution in [2.75, 3.05) is 24.5 Å². The van der Waals surface area contributed by atoms with Gasteiger partial charge >= 0.3 is 0 Å². The molecular weight excluding hydrogens is 278 g/mol. The van der Waals surface area contributed by atoms with Gasteiger partial charge in [0.25, 0.3) is 5.91 Å². The maximum Gasteiger partial charge on any atom is 0.251 e. The Balaban J connectivity index is 1.45. The van der Waals surface area contributed by atoms with Crippen LogP contribution in [0.3, 0.4) is 0 Å². The van der Waals surface area contributed by atoms with Crippen molar-refractivity contribution in [3.05, 3.63) is 48.5 Å². The van der Waals surface area contributed by atoms with Gasteiger partial charge in [-0.25, -0.2) is 9.97 Å². The molecule has 6 heteroatoms. The quantitative estimate of drug-likeness (QED) is 0.926. The highest BCUT2D eigenvalue weighted by Gasteiger charge is 2.21. The third-order valence-electron chi connectivity index (χ3n) is 3.94. The number of piperidine rings is 1. The van der Waals surface area contributed by atoms with Gasteiger partial charge in [-0.15, -0.1) is 0 Å².